The Kier molecular flexibility index (Phi) is 5.87. The van der Waals surface area contributed by atoms with Crippen LogP contribution in [-0.2, 0) is 0 Å². The summed E-state index contributed by atoms with van der Waals surface area (Å²) in [5, 5.41) is 15.9. The second-order valence-corrected chi connectivity index (χ2v) is 17.7. The minimum atomic E-state index is -1.53. The van der Waals surface area contributed by atoms with E-state index in [9.17, 15) is 5.26 Å². The minimum absolute atomic E-state index is 0.668. The molecule has 8 rings (SSSR count). The second kappa shape index (κ2) is 9.84. The number of nitrogens with zero attached hydrogens (tertiary/aromatic N) is 3. The van der Waals surface area contributed by atoms with Crippen LogP contribution in [0.15, 0.2) is 133 Å². The zero-order valence-electron chi connectivity index (χ0n) is 25.0. The number of para-hydroxylation sites is 2. The topological polar surface area (TPSA) is 33.6 Å². The molecule has 44 heavy (non-hydrogen) atoms. The van der Waals surface area contributed by atoms with E-state index < -0.39 is 8.07 Å². The molecule has 0 aliphatic carbocycles. The molecule has 0 aliphatic heterocycles. The largest absolute Gasteiger partial charge is 0.309 e. The molecule has 210 valence electrons. The molecule has 0 aliphatic rings. The van der Waals surface area contributed by atoms with Gasteiger partial charge in [0.15, 0.2) is 0 Å². The highest BCUT2D eigenvalue weighted by atomic mass is 28.3. The van der Waals surface area contributed by atoms with Crippen LogP contribution in [0.1, 0.15) is 5.56 Å². The van der Waals surface area contributed by atoms with E-state index in [1.54, 1.807) is 0 Å². The first kappa shape index (κ1) is 26.3. The second-order valence-electron chi connectivity index (χ2n) is 12.6. The Labute approximate surface area is 257 Å². The van der Waals surface area contributed by atoms with Crippen molar-refractivity contribution in [3.05, 3.63) is 139 Å². The fourth-order valence-corrected chi connectivity index (χ4v) is 7.80. The van der Waals surface area contributed by atoms with Crippen molar-refractivity contribution in [1.29, 1.82) is 5.26 Å². The van der Waals surface area contributed by atoms with Crippen molar-refractivity contribution in [2.45, 2.75) is 19.6 Å². The van der Waals surface area contributed by atoms with E-state index in [1.165, 1.54) is 65.6 Å². The first-order chi connectivity index (χ1) is 21.4. The van der Waals surface area contributed by atoms with Crippen LogP contribution in [0.25, 0.3) is 66.1 Å². The van der Waals surface area contributed by atoms with Crippen molar-refractivity contribution in [3.8, 4) is 28.6 Å². The number of nitriles is 1. The third-order valence-electron chi connectivity index (χ3n) is 8.91. The molecule has 0 radical (unpaired) electrons. The van der Waals surface area contributed by atoms with Gasteiger partial charge in [-0.1, -0.05) is 85.5 Å². The molecule has 3 nitrogen and oxygen atoms in total. The summed E-state index contributed by atoms with van der Waals surface area (Å²) < 4.78 is 4.70. The van der Waals surface area contributed by atoms with Crippen molar-refractivity contribution >= 4 is 56.9 Å². The average Bonchev–Trinajstić information content (AvgIpc) is 3.56. The molecule has 0 spiro atoms. The van der Waals surface area contributed by atoms with Crippen molar-refractivity contribution in [2.75, 3.05) is 0 Å². The zero-order valence-corrected chi connectivity index (χ0v) is 26.0. The van der Waals surface area contributed by atoms with Crippen LogP contribution in [0.4, 0.5) is 0 Å². The summed E-state index contributed by atoms with van der Waals surface area (Å²) in [7, 11) is -1.53. The Hall–Kier alpha value is -5.37. The standard InChI is InChI=1S/C40H31N3Si/c1-44(2,3)32-19-22-40-36(25-32)35-24-29(16-21-39(35)43(40)31-17-13-27(26-41)14-18-31)28-15-20-38-34(23-28)33-11-7-8-12-37(33)42(38)30-9-5-4-6-10-30/h4-25H,1-3H3. The van der Waals surface area contributed by atoms with E-state index in [0.29, 0.717) is 5.56 Å². The first-order valence-electron chi connectivity index (χ1n) is 15.1. The summed E-state index contributed by atoms with van der Waals surface area (Å²) in [6, 6.07) is 50.2. The maximum absolute atomic E-state index is 9.38. The summed E-state index contributed by atoms with van der Waals surface area (Å²) in [5.41, 5.74) is 10.1. The van der Waals surface area contributed by atoms with Crippen LogP contribution < -0.4 is 5.19 Å². The molecule has 0 saturated carbocycles. The molecule has 6 aromatic carbocycles. The van der Waals surface area contributed by atoms with Crippen LogP contribution in [0.5, 0.6) is 0 Å². The molecule has 0 atom stereocenters. The van der Waals surface area contributed by atoms with Gasteiger partial charge in [0.2, 0.25) is 0 Å². The number of benzene rings is 6. The molecule has 0 bridgehead atoms. The predicted octanol–water partition coefficient (Wildman–Crippen LogP) is 9.96. The maximum atomic E-state index is 9.38. The molecular weight excluding hydrogens is 551 g/mol. The van der Waals surface area contributed by atoms with Gasteiger partial charge in [-0.15, -0.1) is 0 Å². The molecule has 0 N–H and O–H groups in total. The molecule has 0 amide bonds. The summed E-state index contributed by atoms with van der Waals surface area (Å²) in [6.45, 7) is 7.21. The normalized spacial score (nSPS) is 12.0. The van der Waals surface area contributed by atoms with Gasteiger partial charge >= 0.3 is 0 Å². The molecule has 0 saturated heterocycles. The van der Waals surface area contributed by atoms with Gasteiger partial charge < -0.3 is 9.13 Å². The van der Waals surface area contributed by atoms with Gasteiger partial charge in [-0.3, -0.25) is 0 Å². The van der Waals surface area contributed by atoms with Crippen LogP contribution in [0.2, 0.25) is 19.6 Å². The fourth-order valence-electron chi connectivity index (χ4n) is 6.64. The Bertz CT molecular complexity index is 2410. The smallest absolute Gasteiger partial charge is 0.0991 e. The third-order valence-corrected chi connectivity index (χ3v) is 10.9. The molecule has 0 fully saturated rings. The van der Waals surface area contributed by atoms with E-state index in [1.807, 2.05) is 24.3 Å². The summed E-state index contributed by atoms with van der Waals surface area (Å²) in [5.74, 6) is 0. The van der Waals surface area contributed by atoms with E-state index >= 15 is 0 Å². The van der Waals surface area contributed by atoms with Crippen LogP contribution in [0.3, 0.4) is 0 Å². The minimum Gasteiger partial charge on any atom is -0.309 e. The van der Waals surface area contributed by atoms with Crippen molar-refractivity contribution in [2.24, 2.45) is 0 Å². The lowest BCUT2D eigenvalue weighted by atomic mass is 10.0. The molecule has 4 heteroatoms. The number of rotatable bonds is 4. The summed E-state index contributed by atoms with van der Waals surface area (Å²) in [4.78, 5) is 0. The summed E-state index contributed by atoms with van der Waals surface area (Å²) >= 11 is 0. The quantitative estimate of drug-likeness (QED) is 0.190. The SMILES string of the molecule is C[Si](C)(C)c1ccc2c(c1)c1cc(-c3ccc4c(c3)c3ccccc3n4-c3ccccc3)ccc1n2-c1ccc(C#N)cc1. The Balaban J connectivity index is 1.36. The monoisotopic (exact) mass is 581 g/mol. The van der Waals surface area contributed by atoms with Crippen LogP contribution in [0, 0.1) is 11.3 Å². The molecule has 2 aromatic heterocycles. The predicted molar refractivity (Wildman–Crippen MR) is 188 cm³/mol. The molecular formula is C40H31N3Si. The van der Waals surface area contributed by atoms with E-state index in [-0.39, 0.29) is 0 Å². The third kappa shape index (κ3) is 4.09. The van der Waals surface area contributed by atoms with E-state index in [2.05, 4.69) is 144 Å². The molecule has 2 heterocycles. The van der Waals surface area contributed by atoms with Gasteiger partial charge in [0, 0.05) is 32.9 Å². The fraction of sp³-hybridized carbons (Fsp3) is 0.0750. The zero-order chi connectivity index (χ0) is 30.0. The van der Waals surface area contributed by atoms with Gasteiger partial charge in [-0.2, -0.15) is 5.26 Å². The molecule has 8 aromatic rings. The lowest BCUT2D eigenvalue weighted by Gasteiger charge is -2.17. The number of aromatic nitrogens is 2. The average molecular weight is 582 g/mol. The lowest BCUT2D eigenvalue weighted by molar-refractivity contribution is 1.18. The lowest BCUT2D eigenvalue weighted by Crippen LogP contribution is -2.37. The first-order valence-corrected chi connectivity index (χ1v) is 18.6. The van der Waals surface area contributed by atoms with Gasteiger partial charge in [-0.05, 0) is 83.9 Å². The number of hydrogen-bond acceptors (Lipinski definition) is 1. The van der Waals surface area contributed by atoms with E-state index in [0.717, 1.165) is 5.69 Å². The van der Waals surface area contributed by atoms with Gasteiger partial charge in [-0.25, -0.2) is 0 Å². The highest BCUT2D eigenvalue weighted by Gasteiger charge is 2.20. The molecule has 0 unspecified atom stereocenters. The van der Waals surface area contributed by atoms with Crippen LogP contribution in [-0.4, -0.2) is 17.2 Å². The van der Waals surface area contributed by atoms with Crippen molar-refractivity contribution < 1.29 is 0 Å². The van der Waals surface area contributed by atoms with Crippen LogP contribution >= 0.6 is 0 Å². The van der Waals surface area contributed by atoms with E-state index in [4.69, 9.17) is 0 Å². The van der Waals surface area contributed by atoms with Crippen molar-refractivity contribution in [3.63, 3.8) is 0 Å². The summed E-state index contributed by atoms with van der Waals surface area (Å²) in [6.07, 6.45) is 0. The number of fused-ring (bicyclic) bond motifs is 6. The van der Waals surface area contributed by atoms with Gasteiger partial charge in [0.1, 0.15) is 0 Å². The van der Waals surface area contributed by atoms with Gasteiger partial charge in [0.05, 0.1) is 41.8 Å². The maximum Gasteiger partial charge on any atom is 0.0991 e. The highest BCUT2D eigenvalue weighted by Crippen LogP contribution is 2.38. The highest BCUT2D eigenvalue weighted by molar-refractivity contribution is 6.88. The Morgan fingerprint density at radius 1 is 0.477 bits per heavy atom. The Morgan fingerprint density at radius 2 is 0.977 bits per heavy atom. The Morgan fingerprint density at radius 3 is 1.59 bits per heavy atom. The number of hydrogen-bond donors (Lipinski definition) is 0. The van der Waals surface area contributed by atoms with Crippen molar-refractivity contribution in [1.82, 2.24) is 9.13 Å². The van der Waals surface area contributed by atoms with Gasteiger partial charge in [0.25, 0.3) is 0 Å².